The summed E-state index contributed by atoms with van der Waals surface area (Å²) in [5.74, 6) is -0.128. The summed E-state index contributed by atoms with van der Waals surface area (Å²) >= 11 is 3.24. The molecule has 2 rings (SSSR count). The van der Waals surface area contributed by atoms with Crippen LogP contribution in [0.5, 0.6) is 11.5 Å². The number of hydrogen-bond acceptors (Lipinski definition) is 6. The van der Waals surface area contributed by atoms with Gasteiger partial charge in [0.2, 0.25) is 0 Å². The van der Waals surface area contributed by atoms with Crippen LogP contribution in [0.1, 0.15) is 22.8 Å². The van der Waals surface area contributed by atoms with E-state index in [1.165, 1.54) is 26.4 Å². The van der Waals surface area contributed by atoms with E-state index in [0.29, 0.717) is 27.1 Å². The number of hydrazone groups is 1. The fraction of sp³-hybridized carbons (Fsp3) is 0.125. The van der Waals surface area contributed by atoms with Gasteiger partial charge in [0.05, 0.1) is 18.9 Å². The van der Waals surface area contributed by atoms with E-state index in [9.17, 15) is 9.59 Å². The first-order valence-corrected chi connectivity index (χ1v) is 7.59. The second-order valence-electron chi connectivity index (χ2n) is 4.59. The van der Waals surface area contributed by atoms with Crippen molar-refractivity contribution >= 4 is 34.0 Å². The number of esters is 1. The Morgan fingerprint density at radius 1 is 1.25 bits per heavy atom. The van der Waals surface area contributed by atoms with E-state index in [0.717, 1.165) is 0 Å². The molecule has 0 fully saturated rings. The van der Waals surface area contributed by atoms with Crippen molar-refractivity contribution in [1.82, 2.24) is 10.4 Å². The average Bonchev–Trinajstić information content (AvgIpc) is 2.55. The van der Waals surface area contributed by atoms with Gasteiger partial charge in [0, 0.05) is 23.8 Å². The molecule has 1 heterocycles. The lowest BCUT2D eigenvalue weighted by molar-refractivity contribution is -0.132. The second-order valence-corrected chi connectivity index (χ2v) is 5.51. The van der Waals surface area contributed by atoms with E-state index in [-0.39, 0.29) is 5.91 Å². The van der Waals surface area contributed by atoms with Gasteiger partial charge in [-0.05, 0) is 45.8 Å². The summed E-state index contributed by atoms with van der Waals surface area (Å²) < 4.78 is 10.9. The molecule has 124 valence electrons. The van der Waals surface area contributed by atoms with Gasteiger partial charge in [0.1, 0.15) is 0 Å². The fourth-order valence-corrected chi connectivity index (χ4v) is 2.13. The summed E-state index contributed by atoms with van der Waals surface area (Å²) in [4.78, 5) is 26.8. The van der Waals surface area contributed by atoms with Gasteiger partial charge in [-0.3, -0.25) is 14.6 Å². The maximum atomic E-state index is 11.9. The summed E-state index contributed by atoms with van der Waals surface area (Å²) in [7, 11) is 1.46. The van der Waals surface area contributed by atoms with Crippen molar-refractivity contribution in [2.75, 3.05) is 7.11 Å². The molecule has 0 radical (unpaired) electrons. The molecular formula is C16H14BrN3O4. The molecule has 0 unspecified atom stereocenters. The van der Waals surface area contributed by atoms with Gasteiger partial charge in [0.15, 0.2) is 11.5 Å². The highest BCUT2D eigenvalue weighted by molar-refractivity contribution is 9.10. The van der Waals surface area contributed by atoms with Crippen LogP contribution in [-0.2, 0) is 4.79 Å². The third kappa shape index (κ3) is 4.88. The molecule has 0 atom stereocenters. The predicted octanol–water partition coefficient (Wildman–Crippen LogP) is 2.54. The van der Waals surface area contributed by atoms with Crippen LogP contribution in [0.25, 0.3) is 0 Å². The zero-order valence-electron chi connectivity index (χ0n) is 12.9. The third-order valence-corrected chi connectivity index (χ3v) is 3.22. The molecule has 24 heavy (non-hydrogen) atoms. The van der Waals surface area contributed by atoms with Crippen LogP contribution in [0.3, 0.4) is 0 Å². The number of methoxy groups -OCH3 is 1. The largest absolute Gasteiger partial charge is 0.493 e. The Kier molecular flexibility index (Phi) is 6.02. The Morgan fingerprint density at radius 3 is 2.71 bits per heavy atom. The number of halogens is 1. The molecule has 0 bridgehead atoms. The maximum Gasteiger partial charge on any atom is 0.308 e. The number of amides is 1. The minimum absolute atomic E-state index is 0.311. The highest BCUT2D eigenvalue weighted by Gasteiger charge is 2.08. The monoisotopic (exact) mass is 391 g/mol. The molecule has 0 saturated heterocycles. The highest BCUT2D eigenvalue weighted by atomic mass is 79.9. The first-order chi connectivity index (χ1) is 11.5. The predicted molar refractivity (Wildman–Crippen MR) is 91.3 cm³/mol. The van der Waals surface area contributed by atoms with Gasteiger partial charge in [-0.1, -0.05) is 0 Å². The zero-order valence-corrected chi connectivity index (χ0v) is 14.5. The minimum atomic E-state index is -0.440. The number of nitrogens with zero attached hydrogens (tertiary/aromatic N) is 2. The van der Waals surface area contributed by atoms with Crippen molar-refractivity contribution < 1.29 is 19.1 Å². The molecule has 1 aromatic heterocycles. The molecule has 0 saturated carbocycles. The average molecular weight is 392 g/mol. The SMILES string of the molecule is COc1cc(/C=N/NC(=O)c2cncc(Br)c2)ccc1OC(C)=O. The molecule has 0 aliphatic heterocycles. The lowest BCUT2D eigenvalue weighted by atomic mass is 10.2. The van der Waals surface area contributed by atoms with Gasteiger partial charge in [0.25, 0.3) is 5.91 Å². The topological polar surface area (TPSA) is 89.9 Å². The van der Waals surface area contributed by atoms with Crippen molar-refractivity contribution in [3.05, 3.63) is 52.3 Å². The lowest BCUT2D eigenvalue weighted by Gasteiger charge is -2.08. The number of rotatable bonds is 5. The van der Waals surface area contributed by atoms with Crippen molar-refractivity contribution in [3.63, 3.8) is 0 Å². The number of pyridine rings is 1. The number of nitrogens with one attached hydrogen (secondary N) is 1. The zero-order chi connectivity index (χ0) is 17.5. The first-order valence-electron chi connectivity index (χ1n) is 6.80. The summed E-state index contributed by atoms with van der Waals surface area (Å²) in [6, 6.07) is 6.53. The molecule has 1 N–H and O–H groups in total. The Hall–Kier alpha value is -2.74. The van der Waals surface area contributed by atoms with Crippen molar-refractivity contribution in [2.24, 2.45) is 5.10 Å². The summed E-state index contributed by atoms with van der Waals surface area (Å²) in [6.45, 7) is 1.31. The van der Waals surface area contributed by atoms with Gasteiger partial charge in [-0.25, -0.2) is 5.43 Å². The number of benzene rings is 1. The summed E-state index contributed by atoms with van der Waals surface area (Å²) in [5, 5.41) is 3.88. The molecule has 0 spiro atoms. The molecule has 1 amide bonds. The highest BCUT2D eigenvalue weighted by Crippen LogP contribution is 2.27. The molecule has 7 nitrogen and oxygen atoms in total. The van der Waals surface area contributed by atoms with Crippen LogP contribution in [0, 0.1) is 0 Å². The van der Waals surface area contributed by atoms with Gasteiger partial charge in [-0.2, -0.15) is 5.10 Å². The fourth-order valence-electron chi connectivity index (χ4n) is 1.77. The van der Waals surface area contributed by atoms with E-state index < -0.39 is 5.97 Å². The molecular weight excluding hydrogens is 378 g/mol. The molecule has 2 aromatic rings. The molecule has 8 heteroatoms. The molecule has 1 aromatic carbocycles. The maximum absolute atomic E-state index is 11.9. The number of carbonyl (C=O) groups excluding carboxylic acids is 2. The number of carbonyl (C=O) groups is 2. The van der Waals surface area contributed by atoms with Crippen molar-refractivity contribution in [1.29, 1.82) is 0 Å². The van der Waals surface area contributed by atoms with E-state index in [4.69, 9.17) is 9.47 Å². The van der Waals surface area contributed by atoms with Crippen LogP contribution >= 0.6 is 15.9 Å². The van der Waals surface area contributed by atoms with Gasteiger partial charge in [-0.15, -0.1) is 0 Å². The Balaban J connectivity index is 2.06. The summed E-state index contributed by atoms with van der Waals surface area (Å²) in [6.07, 6.45) is 4.47. The standard InChI is InChI=1S/C16H14BrN3O4/c1-10(21)24-14-4-3-11(5-15(14)23-2)7-19-20-16(22)12-6-13(17)9-18-8-12/h3-9H,1-2H3,(H,20,22)/b19-7+. The van der Waals surface area contributed by atoms with Gasteiger partial charge >= 0.3 is 5.97 Å². The second kappa shape index (κ2) is 8.21. The van der Waals surface area contributed by atoms with Crippen LogP contribution in [0.15, 0.2) is 46.2 Å². The molecule has 0 aliphatic carbocycles. The minimum Gasteiger partial charge on any atom is -0.493 e. The van der Waals surface area contributed by atoms with Gasteiger partial charge < -0.3 is 9.47 Å². The summed E-state index contributed by atoms with van der Waals surface area (Å²) in [5.41, 5.74) is 3.44. The smallest absolute Gasteiger partial charge is 0.308 e. The van der Waals surface area contributed by atoms with E-state index >= 15 is 0 Å². The van der Waals surface area contributed by atoms with Crippen LogP contribution in [0.4, 0.5) is 0 Å². The number of ether oxygens (including phenoxy) is 2. The quantitative estimate of drug-likeness (QED) is 0.366. The number of hydrogen-bond donors (Lipinski definition) is 1. The number of aromatic nitrogens is 1. The van der Waals surface area contributed by atoms with E-state index in [1.54, 1.807) is 30.5 Å². The molecule has 0 aliphatic rings. The Morgan fingerprint density at radius 2 is 2.04 bits per heavy atom. The first kappa shape index (κ1) is 17.6. The normalized spacial score (nSPS) is 10.5. The lowest BCUT2D eigenvalue weighted by Crippen LogP contribution is -2.17. The van der Waals surface area contributed by atoms with Crippen LogP contribution in [0.2, 0.25) is 0 Å². The van der Waals surface area contributed by atoms with Crippen molar-refractivity contribution in [2.45, 2.75) is 6.92 Å². The Bertz CT molecular complexity index is 793. The Labute approximate surface area is 146 Å². The van der Waals surface area contributed by atoms with Crippen LogP contribution in [-0.4, -0.2) is 30.2 Å². The van der Waals surface area contributed by atoms with Crippen LogP contribution < -0.4 is 14.9 Å². The van der Waals surface area contributed by atoms with E-state index in [2.05, 4.69) is 31.4 Å². The third-order valence-electron chi connectivity index (χ3n) is 2.79. The van der Waals surface area contributed by atoms with E-state index in [1.807, 2.05) is 0 Å². The van der Waals surface area contributed by atoms with Crippen molar-refractivity contribution in [3.8, 4) is 11.5 Å².